The molecule has 2 aliphatic heterocycles. The zero-order chi connectivity index (χ0) is 10.7. The fourth-order valence-electron chi connectivity index (χ4n) is 3.55. The van der Waals surface area contributed by atoms with Gasteiger partial charge in [0.15, 0.2) is 0 Å². The summed E-state index contributed by atoms with van der Waals surface area (Å²) in [6.45, 7) is 0. The van der Waals surface area contributed by atoms with E-state index in [0.717, 1.165) is 6.04 Å². The van der Waals surface area contributed by atoms with E-state index in [2.05, 4.69) is 41.2 Å². The van der Waals surface area contributed by atoms with E-state index < -0.39 is 0 Å². The maximum absolute atomic E-state index is 3.74. The van der Waals surface area contributed by atoms with Crippen LogP contribution in [0.2, 0.25) is 0 Å². The van der Waals surface area contributed by atoms with Crippen molar-refractivity contribution in [3.8, 4) is 0 Å². The first-order valence-electron chi connectivity index (χ1n) is 6.17. The van der Waals surface area contributed by atoms with Crippen LogP contribution in [0.15, 0.2) is 24.3 Å². The van der Waals surface area contributed by atoms with Gasteiger partial charge < -0.3 is 9.88 Å². The first-order chi connectivity index (χ1) is 7.84. The van der Waals surface area contributed by atoms with E-state index in [1.165, 1.54) is 30.2 Å². The molecule has 4 rings (SSSR count). The number of fused-ring (bicyclic) bond motifs is 6. The van der Waals surface area contributed by atoms with Gasteiger partial charge in [-0.15, -0.1) is 0 Å². The molecule has 1 fully saturated rings. The number of rotatable bonds is 0. The predicted molar refractivity (Wildman–Crippen MR) is 65.5 cm³/mol. The molecule has 2 nitrogen and oxygen atoms in total. The van der Waals surface area contributed by atoms with Gasteiger partial charge in [0, 0.05) is 42.1 Å². The Balaban J connectivity index is 2.10. The lowest BCUT2D eigenvalue weighted by atomic mass is 9.99. The van der Waals surface area contributed by atoms with Crippen LogP contribution < -0.4 is 5.32 Å². The van der Waals surface area contributed by atoms with Crippen LogP contribution in [0.3, 0.4) is 0 Å². The normalized spacial score (nSPS) is 27.3. The van der Waals surface area contributed by atoms with Crippen LogP contribution in [-0.4, -0.2) is 10.6 Å². The van der Waals surface area contributed by atoms with Crippen LogP contribution in [0.1, 0.15) is 30.1 Å². The van der Waals surface area contributed by atoms with Gasteiger partial charge in [-0.25, -0.2) is 0 Å². The molecule has 0 saturated carbocycles. The summed E-state index contributed by atoms with van der Waals surface area (Å²) < 4.78 is 2.40. The summed E-state index contributed by atoms with van der Waals surface area (Å²) in [5.74, 6) is 0. The molecule has 2 bridgehead atoms. The van der Waals surface area contributed by atoms with E-state index in [1.54, 1.807) is 11.3 Å². The van der Waals surface area contributed by atoms with E-state index in [9.17, 15) is 0 Å². The van der Waals surface area contributed by atoms with Gasteiger partial charge in [0.2, 0.25) is 0 Å². The molecule has 1 saturated heterocycles. The molecule has 0 aliphatic carbocycles. The molecule has 0 spiro atoms. The predicted octanol–water partition coefficient (Wildman–Crippen LogP) is 2.53. The minimum Gasteiger partial charge on any atom is -0.347 e. The third-order valence-electron chi connectivity index (χ3n) is 4.30. The van der Waals surface area contributed by atoms with Crippen molar-refractivity contribution in [3.05, 3.63) is 35.5 Å². The van der Waals surface area contributed by atoms with E-state index in [0.29, 0.717) is 6.04 Å². The van der Waals surface area contributed by atoms with Crippen LogP contribution in [0.5, 0.6) is 0 Å². The number of benzene rings is 1. The highest BCUT2D eigenvalue weighted by Gasteiger charge is 2.35. The molecule has 2 atom stereocenters. The molecule has 1 aromatic heterocycles. The number of nitrogens with one attached hydrogen (secondary N) is 1. The molecule has 2 aromatic rings. The highest BCUT2D eigenvalue weighted by atomic mass is 15.0. The van der Waals surface area contributed by atoms with Crippen molar-refractivity contribution < 1.29 is 0 Å². The fourth-order valence-corrected chi connectivity index (χ4v) is 3.55. The Hall–Kier alpha value is -1.28. The standard InChI is InChI=1S/C14H16N2/c1-16-12-5-3-2-4-10(12)14-11-7-6-9(15-11)8-13(14)16/h2-5,9,11,15H,6-8H2,1H3/t9-,11+/m0/s1. The van der Waals surface area contributed by atoms with E-state index in [1.807, 2.05) is 0 Å². The van der Waals surface area contributed by atoms with Gasteiger partial charge in [-0.1, -0.05) is 18.2 Å². The van der Waals surface area contributed by atoms with Gasteiger partial charge in [0.25, 0.3) is 0 Å². The van der Waals surface area contributed by atoms with Crippen molar-refractivity contribution in [2.24, 2.45) is 7.05 Å². The molecule has 2 aliphatic rings. The van der Waals surface area contributed by atoms with Crippen molar-refractivity contribution in [2.75, 3.05) is 0 Å². The molecule has 2 heteroatoms. The lowest BCUT2D eigenvalue weighted by Gasteiger charge is -2.23. The van der Waals surface area contributed by atoms with Gasteiger partial charge in [0.05, 0.1) is 0 Å². The maximum atomic E-state index is 3.74. The van der Waals surface area contributed by atoms with Crippen LogP contribution in [0, 0.1) is 0 Å². The Morgan fingerprint density at radius 1 is 1.25 bits per heavy atom. The summed E-state index contributed by atoms with van der Waals surface area (Å²) in [5.41, 5.74) is 4.53. The first-order valence-corrected chi connectivity index (χ1v) is 6.17. The Kier molecular flexibility index (Phi) is 1.59. The van der Waals surface area contributed by atoms with Crippen molar-refractivity contribution in [3.63, 3.8) is 0 Å². The van der Waals surface area contributed by atoms with Crippen LogP contribution >= 0.6 is 0 Å². The summed E-state index contributed by atoms with van der Waals surface area (Å²) in [6, 6.07) is 10.1. The van der Waals surface area contributed by atoms with E-state index in [-0.39, 0.29) is 0 Å². The minimum atomic E-state index is 0.611. The Labute approximate surface area is 95.3 Å². The van der Waals surface area contributed by atoms with Crippen LogP contribution in [-0.2, 0) is 13.5 Å². The lowest BCUT2D eigenvalue weighted by Crippen LogP contribution is -2.32. The second-order valence-corrected chi connectivity index (χ2v) is 5.13. The van der Waals surface area contributed by atoms with E-state index in [4.69, 9.17) is 0 Å². The Bertz CT molecular complexity index is 567. The minimum absolute atomic E-state index is 0.611. The van der Waals surface area contributed by atoms with Gasteiger partial charge in [0.1, 0.15) is 0 Å². The average molecular weight is 212 g/mol. The van der Waals surface area contributed by atoms with Crippen molar-refractivity contribution in [1.82, 2.24) is 9.88 Å². The Morgan fingerprint density at radius 3 is 3.06 bits per heavy atom. The van der Waals surface area contributed by atoms with Crippen LogP contribution in [0.4, 0.5) is 0 Å². The molecule has 1 aromatic carbocycles. The molecule has 0 unspecified atom stereocenters. The number of para-hydroxylation sites is 1. The molecule has 16 heavy (non-hydrogen) atoms. The van der Waals surface area contributed by atoms with Crippen molar-refractivity contribution in [2.45, 2.75) is 31.3 Å². The maximum Gasteiger partial charge on any atom is 0.0483 e. The number of aromatic nitrogens is 1. The molecule has 0 amide bonds. The third kappa shape index (κ3) is 0.957. The lowest BCUT2D eigenvalue weighted by molar-refractivity contribution is 0.504. The number of hydrogen-bond donors (Lipinski definition) is 1. The van der Waals surface area contributed by atoms with Gasteiger partial charge >= 0.3 is 0 Å². The van der Waals surface area contributed by atoms with Gasteiger partial charge in [-0.05, 0) is 24.5 Å². The number of hydrogen-bond acceptors (Lipinski definition) is 1. The van der Waals surface area contributed by atoms with Crippen LogP contribution in [0.25, 0.3) is 10.9 Å². The highest BCUT2D eigenvalue weighted by molar-refractivity contribution is 5.86. The zero-order valence-corrected chi connectivity index (χ0v) is 9.53. The average Bonchev–Trinajstić information content (AvgIpc) is 2.82. The molecule has 3 heterocycles. The summed E-state index contributed by atoms with van der Waals surface area (Å²) in [7, 11) is 2.21. The number of aryl methyl sites for hydroxylation is 1. The van der Waals surface area contributed by atoms with Crippen molar-refractivity contribution in [1.29, 1.82) is 0 Å². The zero-order valence-electron chi connectivity index (χ0n) is 9.53. The van der Waals surface area contributed by atoms with E-state index >= 15 is 0 Å². The third-order valence-corrected chi connectivity index (χ3v) is 4.30. The Morgan fingerprint density at radius 2 is 2.12 bits per heavy atom. The molecule has 1 N–H and O–H groups in total. The summed E-state index contributed by atoms with van der Waals surface area (Å²) in [4.78, 5) is 0. The highest BCUT2D eigenvalue weighted by Crippen LogP contribution is 2.41. The molecular weight excluding hydrogens is 196 g/mol. The fraction of sp³-hybridized carbons (Fsp3) is 0.429. The molecule has 0 radical (unpaired) electrons. The second kappa shape index (κ2) is 2.89. The second-order valence-electron chi connectivity index (χ2n) is 5.13. The smallest absolute Gasteiger partial charge is 0.0483 e. The van der Waals surface area contributed by atoms with Gasteiger partial charge in [-0.2, -0.15) is 0 Å². The molecule has 82 valence electrons. The SMILES string of the molecule is Cn1c2c(c3ccccc31)[C@H]1CC[C@@H](C2)N1. The quantitative estimate of drug-likeness (QED) is 0.710. The summed E-state index contributed by atoms with van der Waals surface area (Å²) in [5, 5.41) is 5.19. The van der Waals surface area contributed by atoms with Crippen molar-refractivity contribution >= 4 is 10.9 Å². The monoisotopic (exact) mass is 212 g/mol. The largest absolute Gasteiger partial charge is 0.347 e. The topological polar surface area (TPSA) is 17.0 Å². The summed E-state index contributed by atoms with van der Waals surface area (Å²) in [6.07, 6.45) is 3.86. The van der Waals surface area contributed by atoms with Gasteiger partial charge in [-0.3, -0.25) is 0 Å². The number of nitrogens with zero attached hydrogens (tertiary/aromatic N) is 1. The molecular formula is C14H16N2. The summed E-state index contributed by atoms with van der Waals surface area (Å²) >= 11 is 0. The first kappa shape index (κ1) is 8.82.